The molecule has 146 valence electrons. The first kappa shape index (κ1) is 18.2. The van der Waals surface area contributed by atoms with Gasteiger partial charge < -0.3 is 10.5 Å². The highest BCUT2D eigenvalue weighted by Gasteiger charge is 2.26. The van der Waals surface area contributed by atoms with Gasteiger partial charge in [-0.05, 0) is 21.8 Å². The van der Waals surface area contributed by atoms with Gasteiger partial charge in [-0.2, -0.15) is 9.78 Å². The van der Waals surface area contributed by atoms with Crippen molar-refractivity contribution in [2.75, 3.05) is 32.0 Å². The van der Waals surface area contributed by atoms with Crippen molar-refractivity contribution >= 4 is 29.3 Å². The largest absolute Gasteiger partial charge is 0.379 e. The van der Waals surface area contributed by atoms with Crippen LogP contribution in [-0.2, 0) is 11.3 Å². The molecule has 0 radical (unpaired) electrons. The molecule has 4 heterocycles. The summed E-state index contributed by atoms with van der Waals surface area (Å²) in [4.78, 5) is 15.9. The van der Waals surface area contributed by atoms with Gasteiger partial charge in [0.05, 0.1) is 19.4 Å². The van der Waals surface area contributed by atoms with Crippen LogP contribution in [-0.4, -0.2) is 68.6 Å². The summed E-state index contributed by atoms with van der Waals surface area (Å²) < 4.78 is 11.2. The van der Waals surface area contributed by atoms with Crippen molar-refractivity contribution in [3.8, 4) is 5.82 Å². The van der Waals surface area contributed by atoms with Gasteiger partial charge in [0.15, 0.2) is 5.69 Å². The van der Waals surface area contributed by atoms with E-state index in [-0.39, 0.29) is 17.3 Å². The first-order valence-corrected chi connectivity index (χ1v) is 9.30. The van der Waals surface area contributed by atoms with Crippen molar-refractivity contribution in [3.05, 3.63) is 33.8 Å². The van der Waals surface area contributed by atoms with E-state index in [4.69, 9.17) is 10.5 Å². The Morgan fingerprint density at radius 3 is 2.96 bits per heavy atom. The Hall–Kier alpha value is -3.16. The number of ether oxygens (including phenoxy) is 1. The molecule has 0 aliphatic carbocycles. The van der Waals surface area contributed by atoms with Crippen molar-refractivity contribution in [2.24, 2.45) is 5.10 Å². The van der Waals surface area contributed by atoms with Crippen molar-refractivity contribution < 1.29 is 14.2 Å². The Labute approximate surface area is 162 Å². The molecule has 0 saturated carbocycles. The van der Waals surface area contributed by atoms with Crippen LogP contribution in [0.15, 0.2) is 27.2 Å². The Morgan fingerprint density at radius 2 is 2.25 bits per heavy atom. The van der Waals surface area contributed by atoms with E-state index in [1.54, 1.807) is 6.21 Å². The highest BCUT2D eigenvalue weighted by molar-refractivity contribution is 7.11. The van der Waals surface area contributed by atoms with Crippen molar-refractivity contribution in [1.29, 1.82) is 0 Å². The molecule has 0 unspecified atom stereocenters. The van der Waals surface area contributed by atoms with Gasteiger partial charge in [0.2, 0.25) is 11.6 Å². The summed E-state index contributed by atoms with van der Waals surface area (Å²) in [5.41, 5.74) is 8.88. The van der Waals surface area contributed by atoms with Crippen LogP contribution in [0, 0.1) is 0 Å². The molecular weight excluding hydrogens is 386 g/mol. The number of morpholine rings is 1. The average Bonchev–Trinajstić information content (AvgIpc) is 3.44. The SMILES string of the molecule is Nc1nonc1-n1nnc(CN2CCOCC2)c1C(=O)N/N=C/c1cccs1. The van der Waals surface area contributed by atoms with E-state index in [0.717, 1.165) is 18.0 Å². The van der Waals surface area contributed by atoms with Gasteiger partial charge in [0, 0.05) is 24.5 Å². The minimum atomic E-state index is -0.497. The topological polar surface area (TPSA) is 150 Å². The lowest BCUT2D eigenvalue weighted by Gasteiger charge is -2.25. The molecule has 12 nitrogen and oxygen atoms in total. The number of amides is 1. The first-order valence-electron chi connectivity index (χ1n) is 8.42. The average molecular weight is 403 g/mol. The van der Waals surface area contributed by atoms with Gasteiger partial charge in [0.25, 0.3) is 5.91 Å². The molecule has 28 heavy (non-hydrogen) atoms. The number of nitrogens with one attached hydrogen (secondary N) is 1. The number of rotatable bonds is 6. The number of nitrogen functional groups attached to an aromatic ring is 1. The third-order valence-corrected chi connectivity index (χ3v) is 4.84. The zero-order valence-corrected chi connectivity index (χ0v) is 15.5. The maximum Gasteiger partial charge on any atom is 0.292 e. The van der Waals surface area contributed by atoms with E-state index >= 15 is 0 Å². The third kappa shape index (κ3) is 3.90. The van der Waals surface area contributed by atoms with Crippen molar-refractivity contribution in [3.63, 3.8) is 0 Å². The number of carbonyl (C=O) groups excluding carboxylic acids is 1. The Balaban J connectivity index is 1.60. The van der Waals surface area contributed by atoms with Gasteiger partial charge in [-0.15, -0.1) is 16.4 Å². The lowest BCUT2D eigenvalue weighted by molar-refractivity contribution is 0.0335. The number of nitrogens with zero attached hydrogens (tertiary/aromatic N) is 7. The number of hydrazone groups is 1. The molecule has 1 aliphatic rings. The fourth-order valence-corrected chi connectivity index (χ4v) is 3.26. The Morgan fingerprint density at radius 1 is 1.39 bits per heavy atom. The Kier molecular flexibility index (Phi) is 5.36. The predicted octanol–water partition coefficient (Wildman–Crippen LogP) is -0.110. The van der Waals surface area contributed by atoms with Crippen molar-refractivity contribution in [1.82, 2.24) is 35.6 Å². The minimum Gasteiger partial charge on any atom is -0.379 e. The van der Waals surface area contributed by atoms with E-state index in [1.165, 1.54) is 16.0 Å². The lowest BCUT2D eigenvalue weighted by Crippen LogP contribution is -2.36. The highest BCUT2D eigenvalue weighted by Crippen LogP contribution is 2.17. The van der Waals surface area contributed by atoms with Crippen LogP contribution in [0.4, 0.5) is 5.82 Å². The molecule has 0 spiro atoms. The summed E-state index contributed by atoms with van der Waals surface area (Å²) in [6.45, 7) is 3.14. The molecule has 13 heteroatoms. The van der Waals surface area contributed by atoms with Crippen LogP contribution in [0.1, 0.15) is 21.1 Å². The van der Waals surface area contributed by atoms with Crippen LogP contribution >= 0.6 is 11.3 Å². The van der Waals surface area contributed by atoms with E-state index in [9.17, 15) is 4.79 Å². The first-order chi connectivity index (χ1) is 13.7. The molecule has 0 atom stereocenters. The molecule has 1 fully saturated rings. The summed E-state index contributed by atoms with van der Waals surface area (Å²) in [5.74, 6) is -0.407. The monoisotopic (exact) mass is 403 g/mol. The fourth-order valence-electron chi connectivity index (χ4n) is 2.68. The molecule has 4 rings (SSSR count). The van der Waals surface area contributed by atoms with E-state index in [0.29, 0.717) is 25.5 Å². The van der Waals surface area contributed by atoms with Gasteiger partial charge in [0.1, 0.15) is 5.69 Å². The normalized spacial score (nSPS) is 15.3. The summed E-state index contributed by atoms with van der Waals surface area (Å²) in [6.07, 6.45) is 1.56. The molecule has 3 N–H and O–H groups in total. The maximum absolute atomic E-state index is 12.8. The number of hydrogen-bond donors (Lipinski definition) is 2. The summed E-state index contributed by atoms with van der Waals surface area (Å²) in [6, 6.07) is 3.78. The number of anilines is 1. The summed E-state index contributed by atoms with van der Waals surface area (Å²) in [7, 11) is 0. The van der Waals surface area contributed by atoms with E-state index in [1.807, 2.05) is 17.5 Å². The zero-order valence-electron chi connectivity index (χ0n) is 14.7. The molecule has 3 aromatic rings. The number of carbonyl (C=O) groups is 1. The molecule has 0 bridgehead atoms. The van der Waals surface area contributed by atoms with Gasteiger partial charge >= 0.3 is 0 Å². The molecule has 1 saturated heterocycles. The maximum atomic E-state index is 12.8. The number of thiophene rings is 1. The molecule has 3 aromatic heterocycles. The smallest absolute Gasteiger partial charge is 0.292 e. The van der Waals surface area contributed by atoms with Crippen LogP contribution in [0.5, 0.6) is 0 Å². The standard InChI is InChI=1S/C15H17N9O3S/c16-13-14(21-27-20-13)24-12(15(25)19-17-8-10-2-1-7-28-10)11(18-22-24)9-23-3-5-26-6-4-23/h1-2,7-8H,3-6,9H2,(H2,16,20)(H,19,25)/b17-8+. The Bertz CT molecular complexity index is 959. The second kappa shape index (κ2) is 8.24. The van der Waals surface area contributed by atoms with Gasteiger partial charge in [-0.1, -0.05) is 11.3 Å². The fraction of sp³-hybridized carbons (Fsp3) is 0.333. The molecular formula is C15H17N9O3S. The zero-order chi connectivity index (χ0) is 19.3. The minimum absolute atomic E-state index is 0.000964. The molecule has 1 amide bonds. The van der Waals surface area contributed by atoms with Crippen LogP contribution in [0.3, 0.4) is 0 Å². The number of nitrogens with two attached hydrogens (primary N) is 1. The van der Waals surface area contributed by atoms with Gasteiger partial charge in [-0.3, -0.25) is 9.69 Å². The van der Waals surface area contributed by atoms with E-state index < -0.39 is 5.91 Å². The third-order valence-electron chi connectivity index (χ3n) is 4.03. The second-order valence-corrected chi connectivity index (χ2v) is 6.85. The predicted molar refractivity (Wildman–Crippen MR) is 99.1 cm³/mol. The van der Waals surface area contributed by atoms with Gasteiger partial charge in [-0.25, -0.2) is 10.1 Å². The second-order valence-electron chi connectivity index (χ2n) is 5.87. The molecule has 0 aromatic carbocycles. The van der Waals surface area contributed by atoms with Crippen molar-refractivity contribution in [2.45, 2.75) is 6.54 Å². The number of aromatic nitrogens is 5. The summed E-state index contributed by atoms with van der Waals surface area (Å²) in [5, 5.41) is 21.3. The lowest BCUT2D eigenvalue weighted by atomic mass is 10.2. The van der Waals surface area contributed by atoms with Crippen LogP contribution in [0.2, 0.25) is 0 Å². The quantitative estimate of drug-likeness (QED) is 0.424. The highest BCUT2D eigenvalue weighted by atomic mass is 32.1. The van der Waals surface area contributed by atoms with E-state index in [2.05, 4.69) is 40.7 Å². The molecule has 1 aliphatic heterocycles. The van der Waals surface area contributed by atoms with Crippen LogP contribution < -0.4 is 11.2 Å². The van der Waals surface area contributed by atoms with Crippen LogP contribution in [0.25, 0.3) is 5.82 Å². The summed E-state index contributed by atoms with van der Waals surface area (Å²) >= 11 is 1.51. The number of hydrogen-bond acceptors (Lipinski definition) is 11.